The van der Waals surface area contributed by atoms with Crippen molar-refractivity contribution in [1.82, 2.24) is 14.6 Å². The molecule has 0 saturated heterocycles. The standard InChI is InChI=1S/C15H13N5O3S/c1-10(24-15-18-17-13-8-4-5-9-19(13)15)14(21)16-11-6-2-3-7-12(11)20(22)23/h2-10H,1H3,(H,16,21)/t10-/m0/s1. The summed E-state index contributed by atoms with van der Waals surface area (Å²) in [4.78, 5) is 22.8. The molecule has 0 bridgehead atoms. The minimum atomic E-state index is -0.528. The number of benzene rings is 1. The highest BCUT2D eigenvalue weighted by atomic mass is 32.2. The van der Waals surface area contributed by atoms with Crippen LogP contribution in [0.4, 0.5) is 11.4 Å². The lowest BCUT2D eigenvalue weighted by Crippen LogP contribution is -2.23. The highest BCUT2D eigenvalue weighted by Gasteiger charge is 2.21. The third kappa shape index (κ3) is 3.20. The van der Waals surface area contributed by atoms with Crippen LogP contribution in [-0.4, -0.2) is 30.7 Å². The van der Waals surface area contributed by atoms with Gasteiger partial charge >= 0.3 is 0 Å². The Kier molecular flexibility index (Phi) is 4.43. The molecule has 3 rings (SSSR count). The predicted molar refractivity (Wildman–Crippen MR) is 90.0 cm³/mol. The number of hydrogen-bond acceptors (Lipinski definition) is 6. The summed E-state index contributed by atoms with van der Waals surface area (Å²) in [6.07, 6.45) is 1.81. The number of rotatable bonds is 5. The number of amides is 1. The number of anilines is 1. The normalized spacial score (nSPS) is 12.0. The molecule has 0 unspecified atom stereocenters. The van der Waals surface area contributed by atoms with E-state index in [1.165, 1.54) is 23.9 Å². The molecule has 9 heteroatoms. The van der Waals surface area contributed by atoms with Crippen molar-refractivity contribution in [3.05, 3.63) is 58.8 Å². The van der Waals surface area contributed by atoms with Crippen LogP contribution in [0.2, 0.25) is 0 Å². The van der Waals surface area contributed by atoms with Gasteiger partial charge in [-0.1, -0.05) is 30.0 Å². The molecule has 0 aliphatic carbocycles. The molecule has 3 aromatic rings. The zero-order valence-electron chi connectivity index (χ0n) is 12.6. The Morgan fingerprint density at radius 3 is 2.79 bits per heavy atom. The zero-order valence-corrected chi connectivity index (χ0v) is 13.4. The molecule has 122 valence electrons. The third-order valence-corrected chi connectivity index (χ3v) is 4.35. The monoisotopic (exact) mass is 343 g/mol. The van der Waals surface area contributed by atoms with Crippen molar-refractivity contribution in [2.24, 2.45) is 0 Å². The highest BCUT2D eigenvalue weighted by Crippen LogP contribution is 2.26. The molecule has 0 aliphatic heterocycles. The Balaban J connectivity index is 1.75. The quantitative estimate of drug-likeness (QED) is 0.434. The molecule has 24 heavy (non-hydrogen) atoms. The lowest BCUT2D eigenvalue weighted by Gasteiger charge is -2.11. The average molecular weight is 343 g/mol. The molecular weight excluding hydrogens is 330 g/mol. The summed E-state index contributed by atoms with van der Waals surface area (Å²) < 4.78 is 1.78. The fourth-order valence-electron chi connectivity index (χ4n) is 2.08. The number of thioether (sulfide) groups is 1. The van der Waals surface area contributed by atoms with Crippen LogP contribution in [0.3, 0.4) is 0 Å². The van der Waals surface area contributed by atoms with E-state index in [9.17, 15) is 14.9 Å². The summed E-state index contributed by atoms with van der Waals surface area (Å²) in [6.45, 7) is 1.71. The summed E-state index contributed by atoms with van der Waals surface area (Å²) in [6, 6.07) is 11.5. The van der Waals surface area contributed by atoms with Crippen LogP contribution in [0, 0.1) is 10.1 Å². The van der Waals surface area contributed by atoms with Crippen LogP contribution in [0.15, 0.2) is 53.8 Å². The molecule has 1 atom stereocenters. The van der Waals surface area contributed by atoms with Crippen LogP contribution in [0.5, 0.6) is 0 Å². The van der Waals surface area contributed by atoms with Crippen LogP contribution in [0.1, 0.15) is 6.92 Å². The fourth-order valence-corrected chi connectivity index (χ4v) is 2.92. The molecular formula is C15H13N5O3S. The lowest BCUT2D eigenvalue weighted by molar-refractivity contribution is -0.383. The van der Waals surface area contributed by atoms with Crippen molar-refractivity contribution < 1.29 is 9.72 Å². The van der Waals surface area contributed by atoms with E-state index in [4.69, 9.17) is 0 Å². The first-order valence-corrected chi connectivity index (χ1v) is 7.95. The number of hydrogen-bond donors (Lipinski definition) is 1. The van der Waals surface area contributed by atoms with Gasteiger partial charge in [-0.15, -0.1) is 10.2 Å². The maximum Gasteiger partial charge on any atom is 0.292 e. The van der Waals surface area contributed by atoms with Gasteiger partial charge in [0.2, 0.25) is 5.91 Å². The Hall–Kier alpha value is -2.94. The van der Waals surface area contributed by atoms with Crippen LogP contribution >= 0.6 is 11.8 Å². The van der Waals surface area contributed by atoms with Crippen molar-refractivity contribution >= 4 is 34.7 Å². The van der Waals surface area contributed by atoms with Gasteiger partial charge in [-0.3, -0.25) is 19.3 Å². The van der Waals surface area contributed by atoms with E-state index < -0.39 is 10.2 Å². The van der Waals surface area contributed by atoms with E-state index in [1.54, 1.807) is 23.5 Å². The summed E-state index contributed by atoms with van der Waals surface area (Å²) in [5.74, 6) is -0.345. The van der Waals surface area contributed by atoms with Gasteiger partial charge in [-0.25, -0.2) is 0 Å². The number of nitro groups is 1. The average Bonchev–Trinajstić information content (AvgIpc) is 2.98. The molecule has 1 amide bonds. The molecule has 1 N–H and O–H groups in total. The van der Waals surface area contributed by atoms with Crippen LogP contribution < -0.4 is 5.32 Å². The van der Waals surface area contributed by atoms with Gasteiger partial charge in [0.25, 0.3) is 5.69 Å². The third-order valence-electron chi connectivity index (χ3n) is 3.29. The van der Waals surface area contributed by atoms with E-state index in [0.717, 1.165) is 0 Å². The van der Waals surface area contributed by atoms with Gasteiger partial charge in [-0.05, 0) is 25.1 Å². The SMILES string of the molecule is C[C@H](Sc1nnc2ccccn12)C(=O)Nc1ccccc1[N+](=O)[O-]. The maximum atomic E-state index is 12.3. The van der Waals surface area contributed by atoms with E-state index in [0.29, 0.717) is 10.8 Å². The van der Waals surface area contributed by atoms with Gasteiger partial charge in [0.15, 0.2) is 10.8 Å². The number of carbonyl (C=O) groups excluding carboxylic acids is 1. The molecule has 0 saturated carbocycles. The summed E-state index contributed by atoms with van der Waals surface area (Å²) >= 11 is 1.23. The minimum absolute atomic E-state index is 0.143. The molecule has 0 spiro atoms. The number of nitro benzene ring substituents is 1. The van der Waals surface area contributed by atoms with Gasteiger partial charge in [0, 0.05) is 12.3 Å². The molecule has 0 fully saturated rings. The largest absolute Gasteiger partial charge is 0.319 e. The molecule has 2 aromatic heterocycles. The predicted octanol–water partition coefficient (Wildman–Crippen LogP) is 2.76. The first-order chi connectivity index (χ1) is 11.6. The molecule has 1 aromatic carbocycles. The van der Waals surface area contributed by atoms with Crippen molar-refractivity contribution in [2.45, 2.75) is 17.3 Å². The topological polar surface area (TPSA) is 102 Å². The van der Waals surface area contributed by atoms with E-state index in [-0.39, 0.29) is 17.3 Å². The van der Waals surface area contributed by atoms with Crippen LogP contribution in [0.25, 0.3) is 5.65 Å². The summed E-state index contributed by atoms with van der Waals surface area (Å²) in [5, 5.41) is 21.8. The van der Waals surface area contributed by atoms with Crippen molar-refractivity contribution in [1.29, 1.82) is 0 Å². The Bertz CT molecular complexity index is 911. The number of para-hydroxylation sites is 2. The van der Waals surface area contributed by atoms with Crippen molar-refractivity contribution in [3.8, 4) is 0 Å². The zero-order chi connectivity index (χ0) is 17.1. The number of pyridine rings is 1. The number of nitrogens with one attached hydrogen (secondary N) is 1. The lowest BCUT2D eigenvalue weighted by atomic mass is 10.2. The molecule has 2 heterocycles. The highest BCUT2D eigenvalue weighted by molar-refractivity contribution is 8.00. The van der Waals surface area contributed by atoms with Crippen molar-refractivity contribution in [2.75, 3.05) is 5.32 Å². The second-order valence-electron chi connectivity index (χ2n) is 4.94. The van der Waals surface area contributed by atoms with Crippen LogP contribution in [-0.2, 0) is 4.79 Å². The summed E-state index contributed by atoms with van der Waals surface area (Å²) in [5.41, 5.74) is 0.716. The van der Waals surface area contributed by atoms with Gasteiger partial charge in [0.1, 0.15) is 5.69 Å². The Morgan fingerprint density at radius 1 is 1.25 bits per heavy atom. The second-order valence-corrected chi connectivity index (χ2v) is 6.24. The fraction of sp³-hybridized carbons (Fsp3) is 0.133. The minimum Gasteiger partial charge on any atom is -0.319 e. The molecule has 8 nitrogen and oxygen atoms in total. The first-order valence-electron chi connectivity index (χ1n) is 7.07. The number of carbonyl (C=O) groups is 1. The maximum absolute atomic E-state index is 12.3. The Morgan fingerprint density at radius 2 is 2.00 bits per heavy atom. The van der Waals surface area contributed by atoms with Gasteiger partial charge < -0.3 is 5.32 Å². The van der Waals surface area contributed by atoms with E-state index in [2.05, 4.69) is 15.5 Å². The number of nitrogens with zero attached hydrogens (tertiary/aromatic N) is 4. The van der Waals surface area contributed by atoms with E-state index in [1.807, 2.05) is 24.4 Å². The van der Waals surface area contributed by atoms with E-state index >= 15 is 0 Å². The molecule has 0 radical (unpaired) electrons. The number of aromatic nitrogens is 3. The smallest absolute Gasteiger partial charge is 0.292 e. The number of fused-ring (bicyclic) bond motifs is 1. The van der Waals surface area contributed by atoms with Gasteiger partial charge in [0.05, 0.1) is 10.2 Å². The molecule has 0 aliphatic rings. The second kappa shape index (κ2) is 6.67. The van der Waals surface area contributed by atoms with Gasteiger partial charge in [-0.2, -0.15) is 0 Å². The summed E-state index contributed by atoms with van der Waals surface area (Å²) in [7, 11) is 0. The van der Waals surface area contributed by atoms with Crippen molar-refractivity contribution in [3.63, 3.8) is 0 Å². The Labute approximate surface area is 141 Å². The first kappa shape index (κ1) is 15.9.